The number of carbonyl (C=O) groups excluding carboxylic acids is 1. The lowest BCUT2D eigenvalue weighted by Gasteiger charge is -2.22. The number of sulfonamides is 1. The van der Waals surface area contributed by atoms with Gasteiger partial charge in [-0.05, 0) is 49.2 Å². The van der Waals surface area contributed by atoms with Crippen LogP contribution >= 0.6 is 11.6 Å². The molecule has 0 aliphatic carbocycles. The molecule has 1 fully saturated rings. The Hall–Kier alpha value is -2.42. The number of hydrazone groups is 1. The summed E-state index contributed by atoms with van der Waals surface area (Å²) in [6.07, 6.45) is 2.29. The first kappa shape index (κ1) is 19.3. The van der Waals surface area contributed by atoms with Crippen molar-refractivity contribution in [3.05, 3.63) is 59.1 Å². The van der Waals surface area contributed by atoms with Crippen LogP contribution in [0, 0.1) is 0 Å². The summed E-state index contributed by atoms with van der Waals surface area (Å²) < 4.78 is 26.8. The zero-order chi connectivity index (χ0) is 19.4. The molecule has 9 heteroatoms. The van der Waals surface area contributed by atoms with Crippen molar-refractivity contribution < 1.29 is 18.3 Å². The Morgan fingerprint density at radius 1 is 1.22 bits per heavy atom. The number of nitrogens with one attached hydrogen (secondary N) is 1. The van der Waals surface area contributed by atoms with Crippen molar-refractivity contribution in [2.75, 3.05) is 6.54 Å². The van der Waals surface area contributed by atoms with Crippen molar-refractivity contribution in [1.29, 1.82) is 0 Å². The van der Waals surface area contributed by atoms with E-state index in [1.54, 1.807) is 18.2 Å². The first-order chi connectivity index (χ1) is 12.9. The molecule has 1 atom stereocenters. The van der Waals surface area contributed by atoms with E-state index in [-0.39, 0.29) is 17.2 Å². The molecule has 1 aliphatic rings. The number of phenols is 1. The predicted molar refractivity (Wildman–Crippen MR) is 102 cm³/mol. The standard InChI is InChI=1S/C18H18ClN3O4S/c19-14-7-9-15(10-8-14)27(25,26)22-11-3-5-16(22)18(24)21-20-12-13-4-1-2-6-17(13)23/h1-2,4,6-10,12,16,23H,3,5,11H2,(H,21,24)/t16-/m0/s1. The fourth-order valence-electron chi connectivity index (χ4n) is 2.87. The van der Waals surface area contributed by atoms with Crippen molar-refractivity contribution in [2.24, 2.45) is 5.10 Å². The molecule has 0 radical (unpaired) electrons. The van der Waals surface area contributed by atoms with Crippen LogP contribution in [0.3, 0.4) is 0 Å². The molecule has 7 nitrogen and oxygen atoms in total. The molecule has 0 spiro atoms. The van der Waals surface area contributed by atoms with Crippen molar-refractivity contribution in [2.45, 2.75) is 23.8 Å². The highest BCUT2D eigenvalue weighted by Gasteiger charge is 2.39. The van der Waals surface area contributed by atoms with Crippen molar-refractivity contribution in [3.63, 3.8) is 0 Å². The molecule has 0 saturated carbocycles. The Balaban J connectivity index is 1.73. The van der Waals surface area contributed by atoms with Gasteiger partial charge < -0.3 is 5.11 Å². The molecule has 1 saturated heterocycles. The van der Waals surface area contributed by atoms with Gasteiger partial charge in [0.2, 0.25) is 10.0 Å². The second-order valence-electron chi connectivity index (χ2n) is 6.02. The number of halogens is 1. The molecule has 0 bridgehead atoms. The van der Waals surface area contributed by atoms with Gasteiger partial charge in [0.15, 0.2) is 0 Å². The molecule has 2 N–H and O–H groups in total. The molecule has 142 valence electrons. The number of rotatable bonds is 5. The van der Waals surface area contributed by atoms with E-state index < -0.39 is 22.0 Å². The van der Waals surface area contributed by atoms with Crippen LogP contribution in [0.1, 0.15) is 18.4 Å². The number of amides is 1. The summed E-state index contributed by atoms with van der Waals surface area (Å²) in [5.41, 5.74) is 2.79. The van der Waals surface area contributed by atoms with E-state index in [9.17, 15) is 18.3 Å². The number of carbonyl (C=O) groups is 1. The molecule has 0 unspecified atom stereocenters. The Labute approximate surface area is 162 Å². The summed E-state index contributed by atoms with van der Waals surface area (Å²) in [7, 11) is -3.81. The van der Waals surface area contributed by atoms with Crippen LogP contribution in [0.2, 0.25) is 5.02 Å². The largest absolute Gasteiger partial charge is 0.507 e. The third-order valence-corrected chi connectivity index (χ3v) is 6.42. The third kappa shape index (κ3) is 4.29. The zero-order valence-corrected chi connectivity index (χ0v) is 15.8. The number of benzene rings is 2. The topological polar surface area (TPSA) is 99.1 Å². The third-order valence-electron chi connectivity index (χ3n) is 4.24. The van der Waals surface area contributed by atoms with E-state index in [1.807, 2.05) is 0 Å². The SMILES string of the molecule is O=C(NN=Cc1ccccc1O)[C@@H]1CCCN1S(=O)(=O)c1ccc(Cl)cc1. The quantitative estimate of drug-likeness (QED) is 0.587. The van der Waals surface area contributed by atoms with E-state index in [4.69, 9.17) is 11.6 Å². The number of hydrogen-bond donors (Lipinski definition) is 2. The maximum Gasteiger partial charge on any atom is 0.258 e. The van der Waals surface area contributed by atoms with E-state index in [1.165, 1.54) is 40.9 Å². The number of para-hydroxylation sites is 1. The zero-order valence-electron chi connectivity index (χ0n) is 14.2. The average Bonchev–Trinajstić information content (AvgIpc) is 3.14. The number of aromatic hydroxyl groups is 1. The highest BCUT2D eigenvalue weighted by Crippen LogP contribution is 2.27. The molecule has 27 heavy (non-hydrogen) atoms. The Morgan fingerprint density at radius 2 is 1.93 bits per heavy atom. The monoisotopic (exact) mass is 407 g/mol. The highest BCUT2D eigenvalue weighted by molar-refractivity contribution is 7.89. The van der Waals surface area contributed by atoms with Crippen molar-refractivity contribution >= 4 is 33.7 Å². The lowest BCUT2D eigenvalue weighted by Crippen LogP contribution is -2.44. The Morgan fingerprint density at radius 3 is 2.63 bits per heavy atom. The summed E-state index contributed by atoms with van der Waals surface area (Å²) in [6, 6.07) is 11.5. The average molecular weight is 408 g/mol. The minimum atomic E-state index is -3.81. The van der Waals surface area contributed by atoms with Crippen LogP contribution < -0.4 is 5.43 Å². The molecular formula is C18H18ClN3O4S. The summed E-state index contributed by atoms with van der Waals surface area (Å²) in [5, 5.41) is 13.9. The molecular weight excluding hydrogens is 390 g/mol. The van der Waals surface area contributed by atoms with Crippen molar-refractivity contribution in [3.8, 4) is 5.75 Å². The predicted octanol–water partition coefficient (Wildman–Crippen LogP) is 2.35. The van der Waals surface area contributed by atoms with Crippen LogP contribution in [0.15, 0.2) is 58.5 Å². The fourth-order valence-corrected chi connectivity index (χ4v) is 4.65. The molecule has 3 rings (SSSR count). The van der Waals surface area contributed by atoms with Crippen LogP contribution in [-0.2, 0) is 14.8 Å². The van der Waals surface area contributed by atoms with Crippen LogP contribution in [0.5, 0.6) is 5.75 Å². The van der Waals surface area contributed by atoms with Gasteiger partial charge in [0.1, 0.15) is 11.8 Å². The number of nitrogens with zero attached hydrogens (tertiary/aromatic N) is 2. The van der Waals surface area contributed by atoms with E-state index in [0.29, 0.717) is 23.4 Å². The molecule has 1 heterocycles. The molecule has 2 aromatic rings. The Bertz CT molecular complexity index is 961. The lowest BCUT2D eigenvalue weighted by molar-refractivity contribution is -0.124. The maximum absolute atomic E-state index is 12.8. The van der Waals surface area contributed by atoms with Crippen LogP contribution in [-0.4, -0.2) is 42.5 Å². The first-order valence-corrected chi connectivity index (χ1v) is 10.1. The summed E-state index contributed by atoms with van der Waals surface area (Å²) in [4.78, 5) is 12.5. The maximum atomic E-state index is 12.8. The second-order valence-corrected chi connectivity index (χ2v) is 8.35. The molecule has 2 aromatic carbocycles. The van der Waals surface area contributed by atoms with E-state index >= 15 is 0 Å². The second kappa shape index (κ2) is 8.08. The van der Waals surface area contributed by atoms with Crippen molar-refractivity contribution in [1.82, 2.24) is 9.73 Å². The van der Waals surface area contributed by atoms with Gasteiger partial charge in [0.25, 0.3) is 5.91 Å². The minimum Gasteiger partial charge on any atom is -0.507 e. The van der Waals surface area contributed by atoms with Gasteiger partial charge in [-0.3, -0.25) is 4.79 Å². The normalized spacial score (nSPS) is 18.0. The fraction of sp³-hybridized carbons (Fsp3) is 0.222. The number of hydrogen-bond acceptors (Lipinski definition) is 5. The summed E-state index contributed by atoms with van der Waals surface area (Å²) >= 11 is 5.81. The van der Waals surface area contributed by atoms with Crippen LogP contribution in [0.4, 0.5) is 0 Å². The lowest BCUT2D eigenvalue weighted by atomic mass is 10.2. The molecule has 0 aromatic heterocycles. The van der Waals surface area contributed by atoms with Gasteiger partial charge in [0, 0.05) is 17.1 Å². The first-order valence-electron chi connectivity index (χ1n) is 8.28. The van der Waals surface area contributed by atoms with Crippen LogP contribution in [0.25, 0.3) is 0 Å². The number of phenolic OH excluding ortho intramolecular Hbond substituents is 1. The summed E-state index contributed by atoms with van der Waals surface area (Å²) in [5.74, 6) is -0.486. The highest BCUT2D eigenvalue weighted by atomic mass is 35.5. The van der Waals surface area contributed by atoms with Gasteiger partial charge in [-0.2, -0.15) is 9.41 Å². The van der Waals surface area contributed by atoms with Gasteiger partial charge in [-0.15, -0.1) is 0 Å². The molecule has 1 amide bonds. The van der Waals surface area contributed by atoms with Gasteiger partial charge in [-0.1, -0.05) is 23.7 Å². The van der Waals surface area contributed by atoms with E-state index in [2.05, 4.69) is 10.5 Å². The van der Waals surface area contributed by atoms with E-state index in [0.717, 1.165) is 0 Å². The summed E-state index contributed by atoms with van der Waals surface area (Å²) in [6.45, 7) is 0.256. The molecule has 1 aliphatic heterocycles. The smallest absolute Gasteiger partial charge is 0.258 e. The van der Waals surface area contributed by atoms with Gasteiger partial charge in [-0.25, -0.2) is 13.8 Å². The van der Waals surface area contributed by atoms with Gasteiger partial charge in [0.05, 0.1) is 11.1 Å². The minimum absolute atomic E-state index is 0.0308. The van der Waals surface area contributed by atoms with Gasteiger partial charge >= 0.3 is 0 Å². The Kier molecular flexibility index (Phi) is 5.79.